The largest absolute Gasteiger partial charge is 0.329 e. The summed E-state index contributed by atoms with van der Waals surface area (Å²) in [5, 5.41) is 0. The van der Waals surface area contributed by atoms with Crippen LogP contribution < -0.4 is 5.73 Å². The van der Waals surface area contributed by atoms with Crippen LogP contribution in [0.1, 0.15) is 38.3 Å². The van der Waals surface area contributed by atoms with Crippen LogP contribution in [-0.4, -0.2) is 24.0 Å². The second kappa shape index (κ2) is 5.97. The summed E-state index contributed by atoms with van der Waals surface area (Å²) in [7, 11) is 0. The summed E-state index contributed by atoms with van der Waals surface area (Å²) in [4.78, 5) is 2.26. The Morgan fingerprint density at radius 1 is 1.21 bits per heavy atom. The van der Waals surface area contributed by atoms with Gasteiger partial charge in [0.25, 0.3) is 0 Å². The quantitative estimate of drug-likeness (QED) is 0.859. The molecule has 0 spiro atoms. The fourth-order valence-electron chi connectivity index (χ4n) is 2.53. The van der Waals surface area contributed by atoms with Crippen LogP contribution in [0.5, 0.6) is 0 Å². The summed E-state index contributed by atoms with van der Waals surface area (Å²) >= 11 is 0. The molecule has 1 atom stereocenters. The van der Waals surface area contributed by atoms with Crippen LogP contribution in [-0.2, 0) is 0 Å². The predicted octanol–water partition coefficient (Wildman–Crippen LogP) is 3.09. The van der Waals surface area contributed by atoms with Crippen LogP contribution >= 0.6 is 0 Å². The lowest BCUT2D eigenvalue weighted by Crippen LogP contribution is -2.40. The van der Waals surface area contributed by atoms with Crippen molar-refractivity contribution < 1.29 is 8.78 Å². The fourth-order valence-corrected chi connectivity index (χ4v) is 2.53. The Morgan fingerprint density at radius 2 is 1.79 bits per heavy atom. The van der Waals surface area contributed by atoms with E-state index in [-0.39, 0.29) is 6.04 Å². The molecular weight excluding hydrogens is 246 g/mol. The van der Waals surface area contributed by atoms with E-state index in [2.05, 4.69) is 18.7 Å². The number of halogens is 2. The van der Waals surface area contributed by atoms with Crippen molar-refractivity contribution in [3.8, 4) is 0 Å². The highest BCUT2D eigenvalue weighted by Gasteiger charge is 2.30. The van der Waals surface area contributed by atoms with Gasteiger partial charge in [-0.05, 0) is 50.3 Å². The number of benzene rings is 1. The Bertz CT molecular complexity index is 410. The summed E-state index contributed by atoms with van der Waals surface area (Å²) in [6, 6.07) is 3.87. The third-order valence-electron chi connectivity index (χ3n) is 3.72. The van der Waals surface area contributed by atoms with E-state index in [0.29, 0.717) is 18.2 Å². The van der Waals surface area contributed by atoms with Crippen molar-refractivity contribution in [2.24, 2.45) is 11.7 Å². The Morgan fingerprint density at radius 3 is 2.21 bits per heavy atom. The molecule has 19 heavy (non-hydrogen) atoms. The smallest absolute Gasteiger partial charge is 0.126 e. The molecule has 0 heterocycles. The lowest BCUT2D eigenvalue weighted by molar-refractivity contribution is 0.149. The third kappa shape index (κ3) is 3.74. The second-order valence-corrected chi connectivity index (χ2v) is 5.69. The van der Waals surface area contributed by atoms with Gasteiger partial charge in [0.2, 0.25) is 0 Å². The summed E-state index contributed by atoms with van der Waals surface area (Å²) < 4.78 is 26.7. The molecule has 1 aromatic carbocycles. The minimum atomic E-state index is -0.538. The maximum atomic E-state index is 13.4. The number of nitrogens with two attached hydrogens (primary N) is 1. The van der Waals surface area contributed by atoms with Gasteiger partial charge >= 0.3 is 0 Å². The maximum Gasteiger partial charge on any atom is 0.126 e. The molecule has 1 aliphatic carbocycles. The van der Waals surface area contributed by atoms with Crippen molar-refractivity contribution in [1.29, 1.82) is 0 Å². The van der Waals surface area contributed by atoms with Gasteiger partial charge in [-0.25, -0.2) is 8.78 Å². The first-order valence-corrected chi connectivity index (χ1v) is 6.93. The van der Waals surface area contributed by atoms with E-state index in [9.17, 15) is 8.78 Å². The Kier molecular flexibility index (Phi) is 4.53. The SMILES string of the molecule is CC(C)N(CC1CC1)C(CN)c1cc(F)cc(F)c1. The zero-order valence-corrected chi connectivity index (χ0v) is 11.6. The van der Waals surface area contributed by atoms with Gasteiger partial charge < -0.3 is 5.73 Å². The third-order valence-corrected chi connectivity index (χ3v) is 3.72. The molecule has 2 N–H and O–H groups in total. The number of rotatable bonds is 6. The van der Waals surface area contributed by atoms with Gasteiger partial charge in [0.05, 0.1) is 0 Å². The molecular formula is C15H22F2N2. The van der Waals surface area contributed by atoms with Crippen LogP contribution in [0.2, 0.25) is 0 Å². The average molecular weight is 268 g/mol. The summed E-state index contributed by atoms with van der Waals surface area (Å²) in [5.41, 5.74) is 6.49. The normalized spacial score (nSPS) is 17.2. The maximum absolute atomic E-state index is 13.4. The first kappa shape index (κ1) is 14.4. The van der Waals surface area contributed by atoms with Gasteiger partial charge in [-0.2, -0.15) is 0 Å². The Labute approximate surface area is 113 Å². The molecule has 1 aromatic rings. The van der Waals surface area contributed by atoms with Crippen LogP contribution in [0.4, 0.5) is 8.78 Å². The molecule has 0 saturated heterocycles. The van der Waals surface area contributed by atoms with Crippen LogP contribution in [0.3, 0.4) is 0 Å². The minimum absolute atomic E-state index is 0.120. The zero-order valence-electron chi connectivity index (χ0n) is 11.6. The van der Waals surface area contributed by atoms with E-state index in [4.69, 9.17) is 5.73 Å². The standard InChI is InChI=1S/C15H22F2N2/c1-10(2)19(9-11-3-4-11)15(8-18)12-5-13(16)7-14(17)6-12/h5-7,10-11,15H,3-4,8-9,18H2,1-2H3. The molecule has 2 rings (SSSR count). The lowest BCUT2D eigenvalue weighted by atomic mass is 10.0. The Hall–Kier alpha value is -1.00. The van der Waals surface area contributed by atoms with Crippen molar-refractivity contribution in [2.75, 3.05) is 13.1 Å². The highest BCUT2D eigenvalue weighted by Crippen LogP contribution is 2.34. The highest BCUT2D eigenvalue weighted by molar-refractivity contribution is 5.22. The molecule has 1 unspecified atom stereocenters. The van der Waals surface area contributed by atoms with Gasteiger partial charge in [-0.3, -0.25) is 4.90 Å². The van der Waals surface area contributed by atoms with Gasteiger partial charge in [-0.15, -0.1) is 0 Å². The topological polar surface area (TPSA) is 29.3 Å². The molecule has 106 valence electrons. The van der Waals surface area contributed by atoms with Crippen molar-refractivity contribution in [3.63, 3.8) is 0 Å². The van der Waals surface area contributed by atoms with E-state index in [1.807, 2.05) is 0 Å². The molecule has 2 nitrogen and oxygen atoms in total. The summed E-state index contributed by atoms with van der Waals surface area (Å²) in [6.45, 7) is 5.52. The average Bonchev–Trinajstić information content (AvgIpc) is 3.11. The molecule has 1 aliphatic rings. The fraction of sp³-hybridized carbons (Fsp3) is 0.600. The van der Waals surface area contributed by atoms with E-state index >= 15 is 0 Å². The first-order valence-electron chi connectivity index (χ1n) is 6.93. The van der Waals surface area contributed by atoms with Crippen molar-refractivity contribution >= 4 is 0 Å². The van der Waals surface area contributed by atoms with Crippen LogP contribution in [0.15, 0.2) is 18.2 Å². The molecule has 0 radical (unpaired) electrons. The van der Waals surface area contributed by atoms with E-state index in [0.717, 1.165) is 18.5 Å². The van der Waals surface area contributed by atoms with Crippen LogP contribution in [0, 0.1) is 17.6 Å². The number of hydrogen-bond acceptors (Lipinski definition) is 2. The summed E-state index contributed by atoms with van der Waals surface area (Å²) in [5.74, 6) is -0.359. The second-order valence-electron chi connectivity index (χ2n) is 5.69. The molecule has 0 aliphatic heterocycles. The van der Waals surface area contributed by atoms with E-state index in [1.165, 1.54) is 25.0 Å². The van der Waals surface area contributed by atoms with Gasteiger partial charge in [0.15, 0.2) is 0 Å². The number of nitrogens with zero attached hydrogens (tertiary/aromatic N) is 1. The molecule has 1 saturated carbocycles. The number of hydrogen-bond donors (Lipinski definition) is 1. The highest BCUT2D eigenvalue weighted by atomic mass is 19.1. The molecule has 1 fully saturated rings. The van der Waals surface area contributed by atoms with Crippen molar-refractivity contribution in [2.45, 2.75) is 38.8 Å². The van der Waals surface area contributed by atoms with Gasteiger partial charge in [-0.1, -0.05) is 0 Å². The lowest BCUT2D eigenvalue weighted by Gasteiger charge is -2.34. The minimum Gasteiger partial charge on any atom is -0.329 e. The first-order chi connectivity index (χ1) is 9.01. The molecule has 0 amide bonds. The van der Waals surface area contributed by atoms with E-state index < -0.39 is 11.6 Å². The van der Waals surface area contributed by atoms with Crippen molar-refractivity contribution in [1.82, 2.24) is 4.90 Å². The van der Waals surface area contributed by atoms with Gasteiger partial charge in [0, 0.05) is 31.2 Å². The molecule has 4 heteroatoms. The predicted molar refractivity (Wildman–Crippen MR) is 72.7 cm³/mol. The van der Waals surface area contributed by atoms with Crippen LogP contribution in [0.25, 0.3) is 0 Å². The van der Waals surface area contributed by atoms with Gasteiger partial charge in [0.1, 0.15) is 11.6 Å². The Balaban J connectivity index is 2.24. The van der Waals surface area contributed by atoms with Crippen molar-refractivity contribution in [3.05, 3.63) is 35.4 Å². The molecule has 0 bridgehead atoms. The zero-order chi connectivity index (χ0) is 14.0. The summed E-state index contributed by atoms with van der Waals surface area (Å²) in [6.07, 6.45) is 2.50. The molecule has 0 aromatic heterocycles. The van der Waals surface area contributed by atoms with E-state index in [1.54, 1.807) is 0 Å². The monoisotopic (exact) mass is 268 g/mol.